The van der Waals surface area contributed by atoms with Crippen molar-refractivity contribution >= 4 is 33.5 Å². The van der Waals surface area contributed by atoms with Crippen LogP contribution in [0.1, 0.15) is 56.3 Å². The van der Waals surface area contributed by atoms with E-state index in [-0.39, 0.29) is 21.5 Å². The lowest BCUT2D eigenvalue weighted by molar-refractivity contribution is -0.124. The normalized spacial score (nSPS) is 16.8. The quantitative estimate of drug-likeness (QED) is 0.671. The zero-order valence-corrected chi connectivity index (χ0v) is 17.8. The average molecular weight is 431 g/mol. The average Bonchev–Trinajstić information content (AvgIpc) is 2.96. The molecule has 1 fully saturated rings. The maximum atomic E-state index is 13.0. The van der Waals surface area contributed by atoms with E-state index in [0.29, 0.717) is 13.1 Å². The monoisotopic (exact) mass is 430 g/mol. The fourth-order valence-electron chi connectivity index (χ4n) is 2.88. The van der Waals surface area contributed by atoms with Crippen LogP contribution in [0.25, 0.3) is 0 Å². The van der Waals surface area contributed by atoms with Gasteiger partial charge in [0.2, 0.25) is 10.0 Å². The van der Waals surface area contributed by atoms with E-state index in [1.54, 1.807) is 0 Å². The Bertz CT molecular complexity index is 805. The zero-order chi connectivity index (χ0) is 20.7. The minimum absolute atomic E-state index is 0.0212. The van der Waals surface area contributed by atoms with Gasteiger partial charge < -0.3 is 10.1 Å². The molecule has 0 bridgehead atoms. The van der Waals surface area contributed by atoms with Crippen molar-refractivity contribution in [2.75, 3.05) is 19.7 Å². The Labute approximate surface area is 171 Å². The third-order valence-corrected chi connectivity index (χ3v) is 7.08. The number of esters is 1. The Morgan fingerprint density at radius 3 is 2.46 bits per heavy atom. The summed E-state index contributed by atoms with van der Waals surface area (Å²) in [4.78, 5) is 23.9. The number of sulfonamides is 1. The third-order valence-electron chi connectivity index (χ3n) is 4.70. The van der Waals surface area contributed by atoms with Crippen LogP contribution in [-0.2, 0) is 19.6 Å². The van der Waals surface area contributed by atoms with Crippen LogP contribution in [0, 0.1) is 0 Å². The molecular weight excluding hydrogens is 404 g/mol. The van der Waals surface area contributed by atoms with Crippen LogP contribution in [0.3, 0.4) is 0 Å². The molecule has 1 atom stereocenters. The third kappa shape index (κ3) is 5.93. The summed E-state index contributed by atoms with van der Waals surface area (Å²) in [5.41, 5.74) is 0.0362. The van der Waals surface area contributed by atoms with Crippen molar-refractivity contribution in [3.8, 4) is 0 Å². The molecule has 1 N–H and O–H groups in total. The van der Waals surface area contributed by atoms with Crippen LogP contribution >= 0.6 is 11.6 Å². The summed E-state index contributed by atoms with van der Waals surface area (Å²) in [6.45, 7) is 4.21. The number of hydrogen-bond donors (Lipinski definition) is 1. The van der Waals surface area contributed by atoms with Crippen molar-refractivity contribution < 1.29 is 22.7 Å². The van der Waals surface area contributed by atoms with E-state index in [0.717, 1.165) is 32.1 Å². The number of benzene rings is 1. The first kappa shape index (κ1) is 22.6. The number of amides is 1. The minimum atomic E-state index is -3.81. The topological polar surface area (TPSA) is 92.8 Å². The van der Waals surface area contributed by atoms with Crippen molar-refractivity contribution in [2.45, 2.75) is 56.9 Å². The highest BCUT2D eigenvalue weighted by Gasteiger charge is 2.28. The highest BCUT2D eigenvalue weighted by molar-refractivity contribution is 7.89. The van der Waals surface area contributed by atoms with Gasteiger partial charge in [-0.15, -0.1) is 0 Å². The van der Waals surface area contributed by atoms with Crippen LogP contribution in [0.4, 0.5) is 0 Å². The van der Waals surface area contributed by atoms with E-state index in [1.165, 1.54) is 22.5 Å². The second-order valence-electron chi connectivity index (χ2n) is 6.92. The standard InChI is InChI=1S/C19H27ClN2O5S/c1-3-14(2)21-18(23)13-27-19(24)15-8-9-16(20)17(12-15)28(25,26)22-10-6-4-5-7-11-22/h8-9,12,14H,3-7,10-11,13H2,1-2H3,(H,21,23)/t14-/m0/s1. The van der Waals surface area contributed by atoms with Crippen LogP contribution in [0.2, 0.25) is 5.02 Å². The molecule has 1 aromatic carbocycles. The molecule has 1 aliphatic heterocycles. The van der Waals surface area contributed by atoms with E-state index in [2.05, 4.69) is 5.32 Å². The second-order valence-corrected chi connectivity index (χ2v) is 9.23. The summed E-state index contributed by atoms with van der Waals surface area (Å²) < 4.78 is 32.4. The molecule has 9 heteroatoms. The number of hydrogen-bond acceptors (Lipinski definition) is 5. The van der Waals surface area contributed by atoms with Crippen molar-refractivity contribution in [3.05, 3.63) is 28.8 Å². The number of nitrogens with zero attached hydrogens (tertiary/aromatic N) is 1. The summed E-state index contributed by atoms with van der Waals surface area (Å²) in [6, 6.07) is 3.95. The fraction of sp³-hybridized carbons (Fsp3) is 0.579. The van der Waals surface area contributed by atoms with Gasteiger partial charge in [-0.3, -0.25) is 4.79 Å². The maximum Gasteiger partial charge on any atom is 0.338 e. The molecule has 0 spiro atoms. The Balaban J connectivity index is 2.13. The van der Waals surface area contributed by atoms with E-state index in [1.807, 2.05) is 13.8 Å². The molecule has 0 aromatic heterocycles. The Morgan fingerprint density at radius 1 is 1.21 bits per heavy atom. The van der Waals surface area contributed by atoms with Gasteiger partial charge >= 0.3 is 5.97 Å². The molecule has 1 heterocycles. The van der Waals surface area contributed by atoms with Crippen molar-refractivity contribution in [1.29, 1.82) is 0 Å². The van der Waals surface area contributed by atoms with Crippen LogP contribution in [-0.4, -0.2) is 50.3 Å². The predicted octanol–water partition coefficient (Wildman–Crippen LogP) is 2.98. The summed E-state index contributed by atoms with van der Waals surface area (Å²) in [7, 11) is -3.81. The van der Waals surface area contributed by atoms with Crippen molar-refractivity contribution in [3.63, 3.8) is 0 Å². The SMILES string of the molecule is CC[C@H](C)NC(=O)COC(=O)c1ccc(Cl)c(S(=O)(=O)N2CCCCCC2)c1. The molecule has 1 amide bonds. The number of halogens is 1. The van der Waals surface area contributed by atoms with Gasteiger partial charge in [-0.05, 0) is 44.4 Å². The highest BCUT2D eigenvalue weighted by atomic mass is 35.5. The zero-order valence-electron chi connectivity index (χ0n) is 16.2. The molecule has 156 valence electrons. The highest BCUT2D eigenvalue weighted by Crippen LogP contribution is 2.28. The lowest BCUT2D eigenvalue weighted by Gasteiger charge is -2.21. The molecule has 7 nitrogen and oxygen atoms in total. The maximum absolute atomic E-state index is 13.0. The largest absolute Gasteiger partial charge is 0.452 e. The summed E-state index contributed by atoms with van der Waals surface area (Å²) in [6.07, 6.45) is 4.33. The number of carbonyl (C=O) groups is 2. The summed E-state index contributed by atoms with van der Waals surface area (Å²) in [5, 5.41) is 2.74. The van der Waals surface area contributed by atoms with Crippen LogP contribution < -0.4 is 5.32 Å². The Hall–Kier alpha value is -1.64. The summed E-state index contributed by atoms with van der Waals surface area (Å²) >= 11 is 6.12. The molecule has 0 aliphatic carbocycles. The lowest BCUT2D eigenvalue weighted by Crippen LogP contribution is -2.35. The predicted molar refractivity (Wildman–Crippen MR) is 107 cm³/mol. The van der Waals surface area contributed by atoms with Gasteiger partial charge in [0.05, 0.1) is 10.6 Å². The minimum Gasteiger partial charge on any atom is -0.452 e. The van der Waals surface area contributed by atoms with E-state index in [9.17, 15) is 18.0 Å². The fourth-order valence-corrected chi connectivity index (χ4v) is 4.90. The van der Waals surface area contributed by atoms with Gasteiger partial charge in [0.25, 0.3) is 5.91 Å². The van der Waals surface area contributed by atoms with Crippen LogP contribution in [0.15, 0.2) is 23.1 Å². The smallest absolute Gasteiger partial charge is 0.338 e. The molecule has 0 saturated carbocycles. The van der Waals surface area contributed by atoms with Crippen LogP contribution in [0.5, 0.6) is 0 Å². The first-order chi connectivity index (χ1) is 13.3. The Morgan fingerprint density at radius 2 is 1.86 bits per heavy atom. The van der Waals surface area contributed by atoms with Gasteiger partial charge in [-0.25, -0.2) is 13.2 Å². The van der Waals surface area contributed by atoms with E-state index < -0.39 is 28.5 Å². The molecule has 0 unspecified atom stereocenters. The molecule has 2 rings (SSSR count). The van der Waals surface area contributed by atoms with Gasteiger partial charge in [-0.2, -0.15) is 4.31 Å². The summed E-state index contributed by atoms with van der Waals surface area (Å²) in [5.74, 6) is -1.18. The van der Waals surface area contributed by atoms with E-state index in [4.69, 9.17) is 16.3 Å². The first-order valence-corrected chi connectivity index (χ1v) is 11.3. The molecule has 28 heavy (non-hydrogen) atoms. The molecule has 1 aliphatic rings. The molecule has 1 aromatic rings. The molecular formula is C19H27ClN2O5S. The number of nitrogens with one attached hydrogen (secondary N) is 1. The van der Waals surface area contributed by atoms with Crippen molar-refractivity contribution in [2.24, 2.45) is 0 Å². The van der Waals surface area contributed by atoms with Gasteiger partial charge in [0, 0.05) is 19.1 Å². The molecule has 0 radical (unpaired) electrons. The number of ether oxygens (including phenoxy) is 1. The first-order valence-electron chi connectivity index (χ1n) is 9.52. The van der Waals surface area contributed by atoms with Gasteiger partial charge in [0.1, 0.15) is 4.90 Å². The van der Waals surface area contributed by atoms with Gasteiger partial charge in [-0.1, -0.05) is 31.4 Å². The Kier molecular flexibility index (Phi) is 8.27. The second kappa shape index (κ2) is 10.2. The number of carbonyl (C=O) groups excluding carboxylic acids is 2. The van der Waals surface area contributed by atoms with Crippen molar-refractivity contribution in [1.82, 2.24) is 9.62 Å². The lowest BCUT2D eigenvalue weighted by atomic mass is 10.2. The van der Waals surface area contributed by atoms with E-state index >= 15 is 0 Å². The van der Waals surface area contributed by atoms with Gasteiger partial charge in [0.15, 0.2) is 6.61 Å². The molecule has 1 saturated heterocycles. The number of rotatable bonds is 7.